The molecule has 27 heavy (non-hydrogen) atoms. The lowest BCUT2D eigenvalue weighted by Crippen LogP contribution is -2.43. The summed E-state index contributed by atoms with van der Waals surface area (Å²) in [4.78, 5) is 4.38. The molecule has 0 unspecified atom stereocenters. The molecule has 0 saturated heterocycles. The Bertz CT molecular complexity index is 587. The number of aryl methyl sites for hydroxylation is 1. The second kappa shape index (κ2) is 12.4. The maximum atomic E-state index is 5.46. The average Bonchev–Trinajstić information content (AvgIpc) is 3.12. The van der Waals surface area contributed by atoms with E-state index in [1.807, 2.05) is 13.1 Å². The van der Waals surface area contributed by atoms with Crippen LogP contribution in [0.1, 0.15) is 43.2 Å². The van der Waals surface area contributed by atoms with Crippen molar-refractivity contribution in [1.82, 2.24) is 10.6 Å². The highest BCUT2D eigenvalue weighted by Gasteiger charge is 2.33. The third-order valence-electron chi connectivity index (χ3n) is 5.48. The van der Waals surface area contributed by atoms with Crippen LogP contribution in [-0.2, 0) is 11.2 Å². The summed E-state index contributed by atoms with van der Waals surface area (Å²) in [6.07, 6.45) is 7.23. The van der Waals surface area contributed by atoms with Crippen LogP contribution in [0, 0.1) is 12.3 Å². The van der Waals surface area contributed by atoms with Gasteiger partial charge < -0.3 is 20.1 Å². The normalized spacial score (nSPS) is 15.9. The fourth-order valence-corrected chi connectivity index (χ4v) is 3.87. The van der Waals surface area contributed by atoms with E-state index in [-0.39, 0.29) is 24.0 Å². The van der Waals surface area contributed by atoms with Gasteiger partial charge in [0.2, 0.25) is 0 Å². The SMILES string of the molecule is CN=C(NCCc1cc(C)ccc1OC)NCC1(CCOC)CCCC1.I. The molecule has 6 heteroatoms. The van der Waals surface area contributed by atoms with Crippen molar-refractivity contribution in [2.75, 3.05) is 41.0 Å². The summed E-state index contributed by atoms with van der Waals surface area (Å²) in [5, 5.41) is 6.98. The summed E-state index contributed by atoms with van der Waals surface area (Å²) in [5.41, 5.74) is 2.83. The number of ether oxygens (including phenoxy) is 2. The Morgan fingerprint density at radius 1 is 1.19 bits per heavy atom. The summed E-state index contributed by atoms with van der Waals surface area (Å²) in [7, 11) is 5.35. The predicted octanol–water partition coefficient (Wildman–Crippen LogP) is 3.93. The molecule has 1 aliphatic carbocycles. The zero-order valence-corrected chi connectivity index (χ0v) is 19.6. The number of methoxy groups -OCH3 is 2. The van der Waals surface area contributed by atoms with E-state index in [2.05, 4.69) is 34.7 Å². The van der Waals surface area contributed by atoms with Crippen molar-refractivity contribution in [3.63, 3.8) is 0 Å². The Morgan fingerprint density at radius 3 is 2.56 bits per heavy atom. The van der Waals surface area contributed by atoms with Crippen LogP contribution in [0.4, 0.5) is 0 Å². The van der Waals surface area contributed by atoms with Gasteiger partial charge in [-0.3, -0.25) is 4.99 Å². The highest BCUT2D eigenvalue weighted by Crippen LogP contribution is 2.40. The van der Waals surface area contributed by atoms with Crippen LogP contribution >= 0.6 is 24.0 Å². The Balaban J connectivity index is 0.00000364. The lowest BCUT2D eigenvalue weighted by Gasteiger charge is -2.30. The van der Waals surface area contributed by atoms with Crippen LogP contribution in [0.2, 0.25) is 0 Å². The minimum atomic E-state index is 0. The zero-order valence-electron chi connectivity index (χ0n) is 17.3. The molecule has 1 fully saturated rings. The molecule has 1 aromatic carbocycles. The van der Waals surface area contributed by atoms with Crippen molar-refractivity contribution in [3.05, 3.63) is 29.3 Å². The molecule has 0 atom stereocenters. The Morgan fingerprint density at radius 2 is 1.93 bits per heavy atom. The van der Waals surface area contributed by atoms with Crippen molar-refractivity contribution in [1.29, 1.82) is 0 Å². The molecule has 0 aliphatic heterocycles. The molecular weight excluding hydrogens is 453 g/mol. The number of hydrogen-bond donors (Lipinski definition) is 2. The Hall–Kier alpha value is -1.02. The molecule has 0 spiro atoms. The minimum absolute atomic E-state index is 0. The van der Waals surface area contributed by atoms with Gasteiger partial charge in [0.05, 0.1) is 7.11 Å². The number of benzene rings is 1. The van der Waals surface area contributed by atoms with Gasteiger partial charge in [-0.25, -0.2) is 0 Å². The van der Waals surface area contributed by atoms with Crippen molar-refractivity contribution in [2.24, 2.45) is 10.4 Å². The highest BCUT2D eigenvalue weighted by atomic mass is 127. The first kappa shape index (κ1) is 24.0. The van der Waals surface area contributed by atoms with Crippen LogP contribution in [0.3, 0.4) is 0 Å². The molecule has 1 aliphatic rings. The fraction of sp³-hybridized carbons (Fsp3) is 0.667. The fourth-order valence-electron chi connectivity index (χ4n) is 3.87. The van der Waals surface area contributed by atoms with E-state index in [9.17, 15) is 0 Å². The van der Waals surface area contributed by atoms with Crippen molar-refractivity contribution >= 4 is 29.9 Å². The summed E-state index contributed by atoms with van der Waals surface area (Å²) in [6, 6.07) is 6.31. The lowest BCUT2D eigenvalue weighted by atomic mass is 9.83. The molecule has 1 saturated carbocycles. The smallest absolute Gasteiger partial charge is 0.191 e. The van der Waals surface area contributed by atoms with E-state index in [1.54, 1.807) is 14.2 Å². The Kier molecular flexibility index (Phi) is 11.1. The zero-order chi connectivity index (χ0) is 18.8. The molecular formula is C21H36IN3O2. The van der Waals surface area contributed by atoms with Gasteiger partial charge in [-0.2, -0.15) is 0 Å². The topological polar surface area (TPSA) is 54.9 Å². The third-order valence-corrected chi connectivity index (χ3v) is 5.48. The van der Waals surface area contributed by atoms with Crippen LogP contribution < -0.4 is 15.4 Å². The van der Waals surface area contributed by atoms with Gasteiger partial charge >= 0.3 is 0 Å². The van der Waals surface area contributed by atoms with E-state index >= 15 is 0 Å². The van der Waals surface area contributed by atoms with Gasteiger partial charge in [-0.1, -0.05) is 30.5 Å². The monoisotopic (exact) mass is 489 g/mol. The van der Waals surface area contributed by atoms with E-state index in [0.29, 0.717) is 5.41 Å². The molecule has 0 radical (unpaired) electrons. The molecule has 0 aromatic heterocycles. The van der Waals surface area contributed by atoms with Crippen molar-refractivity contribution in [2.45, 2.75) is 45.4 Å². The summed E-state index contributed by atoms with van der Waals surface area (Å²) in [6.45, 7) is 4.73. The number of guanidine groups is 1. The van der Waals surface area contributed by atoms with Gasteiger partial charge in [0.15, 0.2) is 5.96 Å². The van der Waals surface area contributed by atoms with E-state index in [4.69, 9.17) is 9.47 Å². The number of nitrogens with one attached hydrogen (secondary N) is 2. The maximum Gasteiger partial charge on any atom is 0.191 e. The highest BCUT2D eigenvalue weighted by molar-refractivity contribution is 14.0. The van der Waals surface area contributed by atoms with Gasteiger partial charge in [0.25, 0.3) is 0 Å². The first-order chi connectivity index (χ1) is 12.6. The number of halogens is 1. The average molecular weight is 489 g/mol. The minimum Gasteiger partial charge on any atom is -0.496 e. The van der Waals surface area contributed by atoms with Gasteiger partial charge in [-0.15, -0.1) is 24.0 Å². The number of rotatable bonds is 9. The van der Waals surface area contributed by atoms with Gasteiger partial charge in [0, 0.05) is 33.9 Å². The first-order valence-corrected chi connectivity index (χ1v) is 9.69. The van der Waals surface area contributed by atoms with E-state index in [1.165, 1.54) is 36.8 Å². The Labute approximate surface area is 181 Å². The third kappa shape index (κ3) is 7.49. The number of nitrogens with zero attached hydrogens (tertiary/aromatic N) is 1. The largest absolute Gasteiger partial charge is 0.496 e. The molecule has 2 rings (SSSR count). The van der Waals surface area contributed by atoms with Crippen LogP contribution in [0.15, 0.2) is 23.2 Å². The van der Waals surface area contributed by atoms with Crippen LogP contribution in [-0.4, -0.2) is 46.9 Å². The predicted molar refractivity (Wildman–Crippen MR) is 124 cm³/mol. The van der Waals surface area contributed by atoms with Gasteiger partial charge in [0.1, 0.15) is 5.75 Å². The van der Waals surface area contributed by atoms with Gasteiger partial charge in [-0.05, 0) is 49.7 Å². The summed E-state index contributed by atoms with van der Waals surface area (Å²) in [5.74, 6) is 1.82. The molecule has 0 bridgehead atoms. The maximum absolute atomic E-state index is 5.46. The summed E-state index contributed by atoms with van der Waals surface area (Å²) < 4.78 is 10.8. The quantitative estimate of drug-likeness (QED) is 0.314. The lowest BCUT2D eigenvalue weighted by molar-refractivity contribution is 0.138. The van der Waals surface area contributed by atoms with Crippen molar-refractivity contribution < 1.29 is 9.47 Å². The van der Waals surface area contributed by atoms with Crippen LogP contribution in [0.25, 0.3) is 0 Å². The van der Waals surface area contributed by atoms with E-state index < -0.39 is 0 Å². The number of hydrogen-bond acceptors (Lipinski definition) is 3. The van der Waals surface area contributed by atoms with Crippen molar-refractivity contribution in [3.8, 4) is 5.75 Å². The second-order valence-corrected chi connectivity index (χ2v) is 7.37. The second-order valence-electron chi connectivity index (χ2n) is 7.37. The first-order valence-electron chi connectivity index (χ1n) is 9.69. The number of aliphatic imine (C=N–C) groups is 1. The van der Waals surface area contributed by atoms with E-state index in [0.717, 1.165) is 44.2 Å². The van der Waals surface area contributed by atoms with Crippen LogP contribution in [0.5, 0.6) is 5.75 Å². The molecule has 5 nitrogen and oxygen atoms in total. The molecule has 0 amide bonds. The molecule has 154 valence electrons. The summed E-state index contributed by atoms with van der Waals surface area (Å²) >= 11 is 0. The standard InChI is InChI=1S/C21H35N3O2.HI/c1-17-7-8-19(26-4)18(15-17)9-13-23-20(22-2)24-16-21(12-14-25-3)10-5-6-11-21;/h7-8,15H,5-6,9-14,16H2,1-4H3,(H2,22,23,24);1H. The molecule has 1 aromatic rings. The molecule has 0 heterocycles. The molecule has 2 N–H and O–H groups in total.